The van der Waals surface area contributed by atoms with Gasteiger partial charge in [0.05, 0.1) is 34.5 Å². The van der Waals surface area contributed by atoms with E-state index in [0.29, 0.717) is 12.4 Å². The largest absolute Gasteiger partial charge is 0.327 e. The summed E-state index contributed by atoms with van der Waals surface area (Å²) in [5.74, 6) is 1.75. The lowest BCUT2D eigenvalue weighted by molar-refractivity contribution is 0.232. The quantitative estimate of drug-likeness (QED) is 0.709. The van der Waals surface area contributed by atoms with E-state index in [1.54, 1.807) is 0 Å². The normalized spacial score (nSPS) is 17.2. The molecule has 0 aliphatic carbocycles. The first-order chi connectivity index (χ1) is 14.7. The molecule has 30 heavy (non-hydrogen) atoms. The van der Waals surface area contributed by atoms with E-state index in [4.69, 9.17) is 9.97 Å². The van der Waals surface area contributed by atoms with Crippen LogP contribution in [-0.4, -0.2) is 43.2 Å². The molecule has 0 atom stereocenters. The van der Waals surface area contributed by atoms with Gasteiger partial charge in [-0.05, 0) is 37.8 Å². The van der Waals surface area contributed by atoms with Crippen LogP contribution in [-0.2, 0) is 26.1 Å². The second kappa shape index (κ2) is 8.14. The molecule has 0 spiro atoms. The van der Waals surface area contributed by atoms with Crippen molar-refractivity contribution in [1.82, 2.24) is 24.4 Å². The zero-order valence-corrected chi connectivity index (χ0v) is 17.5. The smallest absolute Gasteiger partial charge is 0.255 e. The Morgan fingerprint density at radius 1 is 1.13 bits per heavy atom. The standard InChI is InChI=1S/C23H28N6O/c1-2-12-29-20-9-4-3-7-18(20)25-21(29)15-28-13-10-17-16(14-28)23(30)27-22(26-17)19-8-5-6-11-24-19/h3-4,7,9H,2,5-6,8,10-15H2,1H3,(H,26,27,30). The highest BCUT2D eigenvalue weighted by atomic mass is 16.1. The molecule has 2 aliphatic rings. The maximum absolute atomic E-state index is 12.8. The fraction of sp³-hybridized carbons (Fsp3) is 0.478. The summed E-state index contributed by atoms with van der Waals surface area (Å²) in [5, 5.41) is 0. The molecular weight excluding hydrogens is 376 g/mol. The van der Waals surface area contributed by atoms with Crippen molar-refractivity contribution in [2.24, 2.45) is 4.99 Å². The molecule has 0 bridgehead atoms. The summed E-state index contributed by atoms with van der Waals surface area (Å²) in [6.07, 6.45) is 4.99. The Kier molecular flexibility index (Phi) is 5.21. The van der Waals surface area contributed by atoms with E-state index in [1.165, 1.54) is 5.52 Å². The number of imidazole rings is 1. The van der Waals surface area contributed by atoms with Crippen LogP contribution in [0.3, 0.4) is 0 Å². The average Bonchev–Trinajstić information content (AvgIpc) is 3.12. The van der Waals surface area contributed by atoms with Crippen molar-refractivity contribution in [3.05, 3.63) is 57.5 Å². The number of hydrogen-bond donors (Lipinski definition) is 1. The molecule has 7 heteroatoms. The second-order valence-electron chi connectivity index (χ2n) is 8.25. The van der Waals surface area contributed by atoms with Crippen LogP contribution in [0.5, 0.6) is 0 Å². The number of aromatic amines is 1. The van der Waals surface area contributed by atoms with E-state index in [1.807, 2.05) is 6.07 Å². The van der Waals surface area contributed by atoms with Crippen LogP contribution in [0.4, 0.5) is 0 Å². The van der Waals surface area contributed by atoms with Gasteiger partial charge < -0.3 is 9.55 Å². The predicted octanol–water partition coefficient (Wildman–Crippen LogP) is 3.06. The summed E-state index contributed by atoms with van der Waals surface area (Å²) in [7, 11) is 0. The molecule has 0 radical (unpaired) electrons. The fourth-order valence-electron chi connectivity index (χ4n) is 4.56. The second-order valence-corrected chi connectivity index (χ2v) is 8.25. The average molecular weight is 405 g/mol. The zero-order valence-electron chi connectivity index (χ0n) is 17.5. The maximum atomic E-state index is 12.8. The molecule has 0 saturated carbocycles. The van der Waals surface area contributed by atoms with E-state index in [0.717, 1.165) is 86.6 Å². The lowest BCUT2D eigenvalue weighted by atomic mass is 10.1. The highest BCUT2D eigenvalue weighted by molar-refractivity contribution is 5.97. The Morgan fingerprint density at radius 2 is 2.03 bits per heavy atom. The molecule has 2 aromatic heterocycles. The number of aryl methyl sites for hydroxylation is 1. The van der Waals surface area contributed by atoms with Crippen LogP contribution in [0.25, 0.3) is 11.0 Å². The minimum Gasteiger partial charge on any atom is -0.327 e. The van der Waals surface area contributed by atoms with Crippen LogP contribution in [0.1, 0.15) is 55.5 Å². The highest BCUT2D eigenvalue weighted by Crippen LogP contribution is 2.21. The van der Waals surface area contributed by atoms with E-state index < -0.39 is 0 Å². The Hall–Kier alpha value is -2.80. The number of nitrogens with zero attached hydrogens (tertiary/aromatic N) is 5. The first-order valence-electron chi connectivity index (χ1n) is 11.0. The number of aliphatic imine (C=N–C) groups is 1. The number of para-hydroxylation sites is 2. The van der Waals surface area contributed by atoms with Gasteiger partial charge in [0.25, 0.3) is 5.56 Å². The van der Waals surface area contributed by atoms with E-state index >= 15 is 0 Å². The molecule has 0 unspecified atom stereocenters. The first kappa shape index (κ1) is 19.2. The molecular formula is C23H28N6O. The molecule has 0 fully saturated rings. The summed E-state index contributed by atoms with van der Waals surface area (Å²) in [4.78, 5) is 32.4. The number of rotatable bonds is 5. The number of H-pyrrole nitrogens is 1. The minimum absolute atomic E-state index is 0.0185. The number of benzene rings is 1. The molecule has 5 rings (SSSR count). The predicted molar refractivity (Wildman–Crippen MR) is 118 cm³/mol. The monoisotopic (exact) mass is 404 g/mol. The van der Waals surface area contributed by atoms with Crippen LogP contribution >= 0.6 is 0 Å². The van der Waals surface area contributed by atoms with Crippen LogP contribution < -0.4 is 5.56 Å². The van der Waals surface area contributed by atoms with Gasteiger partial charge in [0.1, 0.15) is 5.82 Å². The third-order valence-electron chi connectivity index (χ3n) is 6.09. The van der Waals surface area contributed by atoms with Gasteiger partial charge in [-0.1, -0.05) is 19.1 Å². The van der Waals surface area contributed by atoms with E-state index in [2.05, 4.69) is 44.6 Å². The van der Waals surface area contributed by atoms with Crippen LogP contribution in [0, 0.1) is 0 Å². The van der Waals surface area contributed by atoms with Crippen molar-refractivity contribution in [2.75, 3.05) is 13.1 Å². The van der Waals surface area contributed by atoms with Gasteiger partial charge in [-0.25, -0.2) is 9.97 Å². The molecule has 156 valence electrons. The lowest BCUT2D eigenvalue weighted by Crippen LogP contribution is -2.37. The molecule has 4 heterocycles. The van der Waals surface area contributed by atoms with E-state index in [9.17, 15) is 4.79 Å². The maximum Gasteiger partial charge on any atom is 0.255 e. The van der Waals surface area contributed by atoms with Gasteiger partial charge in [-0.3, -0.25) is 14.7 Å². The Bertz CT molecular complexity index is 1160. The summed E-state index contributed by atoms with van der Waals surface area (Å²) in [5.41, 5.74) is 4.88. The minimum atomic E-state index is -0.0185. The van der Waals surface area contributed by atoms with Crippen molar-refractivity contribution in [3.63, 3.8) is 0 Å². The van der Waals surface area contributed by atoms with Gasteiger partial charge in [-0.2, -0.15) is 0 Å². The molecule has 1 N–H and O–H groups in total. The molecule has 1 aromatic carbocycles. The van der Waals surface area contributed by atoms with E-state index in [-0.39, 0.29) is 5.56 Å². The summed E-state index contributed by atoms with van der Waals surface area (Å²) < 4.78 is 2.32. The first-order valence-corrected chi connectivity index (χ1v) is 11.0. The molecule has 7 nitrogen and oxygen atoms in total. The Balaban J connectivity index is 1.40. The number of nitrogens with one attached hydrogen (secondary N) is 1. The van der Waals surface area contributed by atoms with Crippen molar-refractivity contribution in [1.29, 1.82) is 0 Å². The van der Waals surface area contributed by atoms with Gasteiger partial charge in [-0.15, -0.1) is 0 Å². The van der Waals surface area contributed by atoms with Gasteiger partial charge >= 0.3 is 0 Å². The topological polar surface area (TPSA) is 79.2 Å². The number of fused-ring (bicyclic) bond motifs is 2. The van der Waals surface area contributed by atoms with Crippen molar-refractivity contribution in [2.45, 2.75) is 58.7 Å². The van der Waals surface area contributed by atoms with Gasteiger partial charge in [0.2, 0.25) is 0 Å². The SMILES string of the molecule is CCCn1c(CN2CCc3nc(C4=NCCCC4)[nH]c(=O)c3C2)nc2ccccc21. The summed E-state index contributed by atoms with van der Waals surface area (Å²) in [6, 6.07) is 8.31. The van der Waals surface area contributed by atoms with Crippen LogP contribution in [0.15, 0.2) is 34.1 Å². The highest BCUT2D eigenvalue weighted by Gasteiger charge is 2.24. The van der Waals surface area contributed by atoms with Crippen LogP contribution in [0.2, 0.25) is 0 Å². The molecule has 2 aliphatic heterocycles. The third kappa shape index (κ3) is 3.58. The van der Waals surface area contributed by atoms with Gasteiger partial charge in [0.15, 0.2) is 5.82 Å². The zero-order chi connectivity index (χ0) is 20.5. The molecule has 3 aromatic rings. The van der Waals surface area contributed by atoms with Crippen molar-refractivity contribution < 1.29 is 0 Å². The Morgan fingerprint density at radius 3 is 2.87 bits per heavy atom. The number of aromatic nitrogens is 4. The summed E-state index contributed by atoms with van der Waals surface area (Å²) in [6.45, 7) is 6.21. The molecule has 0 saturated heterocycles. The molecule has 0 amide bonds. The van der Waals surface area contributed by atoms with Crippen molar-refractivity contribution in [3.8, 4) is 0 Å². The summed E-state index contributed by atoms with van der Waals surface area (Å²) >= 11 is 0. The van der Waals surface area contributed by atoms with Gasteiger partial charge in [0, 0.05) is 32.6 Å². The fourth-order valence-corrected chi connectivity index (χ4v) is 4.56. The lowest BCUT2D eigenvalue weighted by Gasteiger charge is -2.27. The third-order valence-corrected chi connectivity index (χ3v) is 6.09. The number of hydrogen-bond acceptors (Lipinski definition) is 5. The Labute approximate surface area is 175 Å². The van der Waals surface area contributed by atoms with Crippen molar-refractivity contribution >= 4 is 16.7 Å².